The Hall–Kier alpha value is -1.76. The zero-order valence-corrected chi connectivity index (χ0v) is 11.7. The summed E-state index contributed by atoms with van der Waals surface area (Å²) < 4.78 is 28.6. The van der Waals surface area contributed by atoms with Crippen molar-refractivity contribution in [1.29, 1.82) is 0 Å². The molecule has 0 atom stereocenters. The van der Waals surface area contributed by atoms with Crippen LogP contribution in [0.1, 0.15) is 24.2 Å². The summed E-state index contributed by atoms with van der Waals surface area (Å²) in [5, 5.41) is -0.472. The van der Waals surface area contributed by atoms with Gasteiger partial charge in [0.2, 0.25) is 0 Å². The number of sulfone groups is 1. The zero-order valence-electron chi connectivity index (χ0n) is 10.9. The molecule has 0 aliphatic heterocycles. The van der Waals surface area contributed by atoms with Gasteiger partial charge in [-0.25, -0.2) is 8.42 Å². The van der Waals surface area contributed by atoms with E-state index in [0.29, 0.717) is 0 Å². The highest BCUT2D eigenvalue weighted by molar-refractivity contribution is 7.91. The molecule has 7 heteroatoms. The number of nitrogen functional groups attached to an aromatic ring is 1. The summed E-state index contributed by atoms with van der Waals surface area (Å²) in [4.78, 5) is 11.2. The van der Waals surface area contributed by atoms with Crippen LogP contribution in [0.2, 0.25) is 0 Å². The van der Waals surface area contributed by atoms with Crippen molar-refractivity contribution in [3.63, 3.8) is 0 Å². The van der Waals surface area contributed by atoms with Crippen molar-refractivity contribution >= 4 is 21.4 Å². The van der Waals surface area contributed by atoms with Crippen LogP contribution in [0.5, 0.6) is 5.75 Å². The maximum Gasteiger partial charge on any atom is 0.252 e. The van der Waals surface area contributed by atoms with Gasteiger partial charge in [0.15, 0.2) is 15.6 Å². The summed E-state index contributed by atoms with van der Waals surface area (Å²) in [6, 6.07) is 4.61. The van der Waals surface area contributed by atoms with E-state index in [1.807, 2.05) is 0 Å². The van der Waals surface area contributed by atoms with Gasteiger partial charge in [0.25, 0.3) is 5.91 Å². The molecular weight excluding hydrogens is 268 g/mol. The Kier molecular flexibility index (Phi) is 4.77. The first-order valence-electron chi connectivity index (χ1n) is 5.78. The molecule has 0 heterocycles. The van der Waals surface area contributed by atoms with Gasteiger partial charge in [0.1, 0.15) is 6.61 Å². The molecule has 4 N–H and O–H groups in total. The molecule has 1 aromatic carbocycles. The fourth-order valence-electron chi connectivity index (χ4n) is 1.41. The SMILES string of the molecule is CC(C)S(=O)(=O)CCOc1c(N)cccc1C(N)=O. The number of carbonyl (C=O) groups is 1. The highest BCUT2D eigenvalue weighted by Crippen LogP contribution is 2.26. The minimum Gasteiger partial charge on any atom is -0.490 e. The predicted molar refractivity (Wildman–Crippen MR) is 73.8 cm³/mol. The van der Waals surface area contributed by atoms with E-state index in [0.717, 1.165) is 0 Å². The fraction of sp³-hybridized carbons (Fsp3) is 0.417. The van der Waals surface area contributed by atoms with Gasteiger partial charge >= 0.3 is 0 Å². The third-order valence-corrected chi connectivity index (χ3v) is 4.82. The van der Waals surface area contributed by atoms with Crippen LogP contribution in [-0.4, -0.2) is 31.9 Å². The number of benzene rings is 1. The number of amides is 1. The number of ether oxygens (including phenoxy) is 1. The van der Waals surface area contributed by atoms with Crippen molar-refractivity contribution < 1.29 is 17.9 Å². The van der Waals surface area contributed by atoms with E-state index in [9.17, 15) is 13.2 Å². The number of carbonyl (C=O) groups excluding carboxylic acids is 1. The Bertz CT molecular complexity index is 567. The number of hydrogen-bond acceptors (Lipinski definition) is 5. The molecular formula is C12H18N2O4S. The van der Waals surface area contributed by atoms with Gasteiger partial charge in [-0.3, -0.25) is 4.79 Å². The second-order valence-corrected chi connectivity index (χ2v) is 7.03. The third kappa shape index (κ3) is 3.85. The lowest BCUT2D eigenvalue weighted by Gasteiger charge is -2.13. The number of hydrogen-bond donors (Lipinski definition) is 2. The van der Waals surface area contributed by atoms with Gasteiger partial charge < -0.3 is 16.2 Å². The van der Waals surface area contributed by atoms with Crippen molar-refractivity contribution in [2.75, 3.05) is 18.1 Å². The normalized spacial score (nSPS) is 11.5. The minimum absolute atomic E-state index is 0.0744. The van der Waals surface area contributed by atoms with Crippen LogP contribution in [-0.2, 0) is 9.84 Å². The van der Waals surface area contributed by atoms with Gasteiger partial charge in [0, 0.05) is 0 Å². The van der Waals surface area contributed by atoms with Crippen molar-refractivity contribution in [1.82, 2.24) is 0 Å². The van der Waals surface area contributed by atoms with Crippen LogP contribution in [0.3, 0.4) is 0 Å². The molecule has 0 aromatic heterocycles. The van der Waals surface area contributed by atoms with E-state index < -0.39 is 21.0 Å². The molecule has 1 aromatic rings. The van der Waals surface area contributed by atoms with E-state index in [1.165, 1.54) is 6.07 Å². The van der Waals surface area contributed by atoms with E-state index in [-0.39, 0.29) is 29.4 Å². The maximum atomic E-state index is 11.6. The Morgan fingerprint density at radius 1 is 1.37 bits per heavy atom. The summed E-state index contributed by atoms with van der Waals surface area (Å²) in [5.41, 5.74) is 11.3. The van der Waals surface area contributed by atoms with Crippen LogP contribution in [0.15, 0.2) is 18.2 Å². The first-order valence-corrected chi connectivity index (χ1v) is 7.50. The molecule has 106 valence electrons. The minimum atomic E-state index is -3.20. The maximum absolute atomic E-state index is 11.6. The molecule has 0 saturated carbocycles. The van der Waals surface area contributed by atoms with E-state index in [2.05, 4.69) is 0 Å². The molecule has 0 fully saturated rings. The van der Waals surface area contributed by atoms with Crippen LogP contribution < -0.4 is 16.2 Å². The summed E-state index contributed by atoms with van der Waals surface area (Å²) >= 11 is 0. The van der Waals surface area contributed by atoms with Crippen molar-refractivity contribution in [2.24, 2.45) is 5.73 Å². The van der Waals surface area contributed by atoms with Gasteiger partial charge in [-0.2, -0.15) is 0 Å². The topological polar surface area (TPSA) is 112 Å². The summed E-state index contributed by atoms with van der Waals surface area (Å²) in [7, 11) is -3.20. The monoisotopic (exact) mass is 286 g/mol. The number of rotatable bonds is 6. The lowest BCUT2D eigenvalue weighted by atomic mass is 10.1. The lowest BCUT2D eigenvalue weighted by molar-refractivity contribution is 0.0997. The fourth-order valence-corrected chi connectivity index (χ4v) is 2.19. The summed E-state index contributed by atoms with van der Waals surface area (Å²) in [5.74, 6) is -0.681. The molecule has 0 aliphatic carbocycles. The van der Waals surface area contributed by atoms with Crippen molar-refractivity contribution in [3.05, 3.63) is 23.8 Å². The summed E-state index contributed by atoms with van der Waals surface area (Å²) in [6.07, 6.45) is 0. The van der Waals surface area contributed by atoms with Crippen molar-refractivity contribution in [3.8, 4) is 5.75 Å². The Morgan fingerprint density at radius 3 is 2.53 bits per heavy atom. The molecule has 19 heavy (non-hydrogen) atoms. The third-order valence-electron chi connectivity index (χ3n) is 2.64. The van der Waals surface area contributed by atoms with E-state index in [1.54, 1.807) is 26.0 Å². The van der Waals surface area contributed by atoms with Gasteiger partial charge in [-0.1, -0.05) is 6.07 Å². The van der Waals surface area contributed by atoms with Crippen LogP contribution in [0.25, 0.3) is 0 Å². The molecule has 1 rings (SSSR count). The molecule has 0 saturated heterocycles. The highest BCUT2D eigenvalue weighted by atomic mass is 32.2. The second kappa shape index (κ2) is 5.92. The average Bonchev–Trinajstić information content (AvgIpc) is 2.30. The highest BCUT2D eigenvalue weighted by Gasteiger charge is 2.18. The smallest absolute Gasteiger partial charge is 0.252 e. The number of primary amides is 1. The van der Waals surface area contributed by atoms with E-state index in [4.69, 9.17) is 16.2 Å². The van der Waals surface area contributed by atoms with Crippen LogP contribution >= 0.6 is 0 Å². The Labute approximate surface area is 112 Å². The standard InChI is InChI=1S/C12H18N2O4S/c1-8(2)19(16,17)7-6-18-11-9(12(14)15)4-3-5-10(11)13/h3-5,8H,6-7,13H2,1-2H3,(H2,14,15). The first-order chi connectivity index (χ1) is 8.75. The molecule has 1 amide bonds. The Balaban J connectivity index is 2.82. The molecule has 0 bridgehead atoms. The van der Waals surface area contributed by atoms with Gasteiger partial charge in [0.05, 0.1) is 22.3 Å². The average molecular weight is 286 g/mol. The van der Waals surface area contributed by atoms with Gasteiger partial charge in [-0.05, 0) is 26.0 Å². The first kappa shape index (κ1) is 15.3. The second-order valence-electron chi connectivity index (χ2n) is 4.35. The quantitative estimate of drug-likeness (QED) is 0.742. The molecule has 6 nitrogen and oxygen atoms in total. The molecule has 0 radical (unpaired) electrons. The number of para-hydroxylation sites is 1. The van der Waals surface area contributed by atoms with Crippen molar-refractivity contribution in [2.45, 2.75) is 19.1 Å². The molecule has 0 unspecified atom stereocenters. The predicted octanol–water partition coefficient (Wildman–Crippen LogP) is 0.570. The number of nitrogens with two attached hydrogens (primary N) is 2. The molecule has 0 spiro atoms. The Morgan fingerprint density at radius 2 is 2.00 bits per heavy atom. The summed E-state index contributed by atoms with van der Waals surface area (Å²) in [6.45, 7) is 3.12. The van der Waals surface area contributed by atoms with Crippen LogP contribution in [0.4, 0.5) is 5.69 Å². The van der Waals surface area contributed by atoms with E-state index >= 15 is 0 Å². The molecule has 0 aliphatic rings. The number of anilines is 1. The largest absolute Gasteiger partial charge is 0.490 e. The van der Waals surface area contributed by atoms with Crippen LogP contribution in [0, 0.1) is 0 Å². The zero-order chi connectivity index (χ0) is 14.6. The lowest BCUT2D eigenvalue weighted by Crippen LogP contribution is -2.23. The van der Waals surface area contributed by atoms with Gasteiger partial charge in [-0.15, -0.1) is 0 Å².